The molecule has 1 aromatic carbocycles. The number of hydrogen-bond acceptors (Lipinski definition) is 4. The van der Waals surface area contributed by atoms with E-state index in [-0.39, 0.29) is 18.5 Å². The predicted octanol–water partition coefficient (Wildman–Crippen LogP) is 2.77. The van der Waals surface area contributed by atoms with Crippen LogP contribution in [0.3, 0.4) is 0 Å². The van der Waals surface area contributed by atoms with Crippen molar-refractivity contribution in [1.82, 2.24) is 19.6 Å². The van der Waals surface area contributed by atoms with Gasteiger partial charge in [0, 0.05) is 26.2 Å². The highest BCUT2D eigenvalue weighted by molar-refractivity contribution is 6.19. The number of aliphatic imine (C=N–C) groups is 1. The first-order valence-electron chi connectivity index (χ1n) is 11.1. The Morgan fingerprint density at radius 1 is 1.13 bits per heavy atom. The van der Waals surface area contributed by atoms with E-state index in [0.29, 0.717) is 36.6 Å². The van der Waals surface area contributed by atoms with E-state index in [1.54, 1.807) is 20.7 Å². The smallest absolute Gasteiger partial charge is 0.331 e. The number of amidine groups is 1. The average molecular weight is 421 g/mol. The second-order valence-corrected chi connectivity index (χ2v) is 8.95. The summed E-state index contributed by atoms with van der Waals surface area (Å²) in [5.74, 6) is 2.21. The van der Waals surface area contributed by atoms with Crippen molar-refractivity contribution in [2.75, 3.05) is 37.6 Å². The number of hydrogen-bond donors (Lipinski definition) is 0. The van der Waals surface area contributed by atoms with Gasteiger partial charge in [0.1, 0.15) is 12.4 Å². The molecule has 0 spiro atoms. The third kappa shape index (κ3) is 3.49. The molecule has 0 bridgehead atoms. The Labute approximate surface area is 182 Å². The van der Waals surface area contributed by atoms with Crippen LogP contribution >= 0.6 is 0 Å². The van der Waals surface area contributed by atoms with Gasteiger partial charge in [-0.1, -0.05) is 32.0 Å². The summed E-state index contributed by atoms with van der Waals surface area (Å²) in [6.07, 6.45) is 3.71. The molecule has 3 amide bonds. The highest BCUT2D eigenvalue weighted by Crippen LogP contribution is 2.33. The van der Waals surface area contributed by atoms with Crippen LogP contribution in [0.2, 0.25) is 0 Å². The number of urea groups is 1. The van der Waals surface area contributed by atoms with Gasteiger partial charge >= 0.3 is 6.03 Å². The summed E-state index contributed by atoms with van der Waals surface area (Å²) in [6.45, 7) is 7.15. The van der Waals surface area contributed by atoms with Crippen molar-refractivity contribution in [3.05, 3.63) is 42.1 Å². The van der Waals surface area contributed by atoms with Gasteiger partial charge in [-0.25, -0.2) is 9.48 Å². The van der Waals surface area contributed by atoms with Crippen LogP contribution in [0.15, 0.2) is 41.5 Å². The summed E-state index contributed by atoms with van der Waals surface area (Å²) >= 11 is 0. The van der Waals surface area contributed by atoms with Crippen molar-refractivity contribution in [3.8, 4) is 5.69 Å². The van der Waals surface area contributed by atoms with Gasteiger partial charge in [0.25, 0.3) is 0 Å². The number of piperidine rings is 1. The Hall–Kier alpha value is -3.16. The second-order valence-electron chi connectivity index (χ2n) is 8.95. The molecule has 8 nitrogen and oxygen atoms in total. The summed E-state index contributed by atoms with van der Waals surface area (Å²) < 4.78 is 1.75. The third-order valence-electron chi connectivity index (χ3n) is 6.27. The summed E-state index contributed by atoms with van der Waals surface area (Å²) in [7, 11) is 0. The second kappa shape index (κ2) is 7.83. The van der Waals surface area contributed by atoms with Crippen LogP contribution in [0, 0.1) is 11.8 Å². The zero-order valence-corrected chi connectivity index (χ0v) is 18.1. The number of rotatable bonds is 3. The number of anilines is 1. The molecule has 2 aromatic rings. The zero-order chi connectivity index (χ0) is 21.5. The van der Waals surface area contributed by atoms with Crippen molar-refractivity contribution in [1.29, 1.82) is 0 Å². The number of amides is 3. The van der Waals surface area contributed by atoms with Crippen LogP contribution in [0.5, 0.6) is 0 Å². The SMILES string of the molecule is CC1CC(C)CN(C(=O)CN2C(=O)N3CCCN=C3c3cnn(-c4ccccc4)c32)C1. The van der Waals surface area contributed by atoms with Crippen LogP contribution < -0.4 is 4.90 Å². The van der Waals surface area contributed by atoms with Crippen molar-refractivity contribution >= 4 is 23.6 Å². The van der Waals surface area contributed by atoms with Gasteiger partial charge < -0.3 is 4.90 Å². The maximum atomic E-state index is 13.5. The fraction of sp³-hybridized carbons (Fsp3) is 0.478. The van der Waals surface area contributed by atoms with Crippen molar-refractivity contribution < 1.29 is 9.59 Å². The molecule has 3 aliphatic rings. The van der Waals surface area contributed by atoms with Gasteiger partial charge in [-0.05, 0) is 36.8 Å². The van der Waals surface area contributed by atoms with E-state index in [9.17, 15) is 9.59 Å². The molecule has 0 radical (unpaired) electrons. The number of carbonyl (C=O) groups excluding carboxylic acids is 2. The van der Waals surface area contributed by atoms with Gasteiger partial charge in [-0.3, -0.25) is 19.6 Å². The molecular weight excluding hydrogens is 392 g/mol. The van der Waals surface area contributed by atoms with E-state index >= 15 is 0 Å². The molecule has 3 aliphatic heterocycles. The number of para-hydroxylation sites is 1. The molecule has 2 unspecified atom stereocenters. The molecular formula is C23H28N6O2. The normalized spacial score (nSPS) is 23.4. The lowest BCUT2D eigenvalue weighted by Crippen LogP contribution is -2.56. The summed E-state index contributed by atoms with van der Waals surface area (Å²) in [4.78, 5) is 36.6. The molecule has 1 saturated heterocycles. The van der Waals surface area contributed by atoms with Crippen LogP contribution in [0.4, 0.5) is 10.6 Å². The number of benzene rings is 1. The largest absolute Gasteiger partial charge is 0.341 e. The van der Waals surface area contributed by atoms with Crippen LogP contribution in [0.25, 0.3) is 5.69 Å². The minimum Gasteiger partial charge on any atom is -0.341 e. The lowest BCUT2D eigenvalue weighted by Gasteiger charge is -2.40. The molecule has 0 N–H and O–H groups in total. The number of nitrogens with zero attached hydrogens (tertiary/aromatic N) is 6. The molecule has 2 atom stereocenters. The number of likely N-dealkylation sites (tertiary alicyclic amines) is 1. The minimum absolute atomic E-state index is 0.00752. The van der Waals surface area contributed by atoms with Gasteiger partial charge in [0.05, 0.1) is 17.4 Å². The first-order valence-corrected chi connectivity index (χ1v) is 11.1. The van der Waals surface area contributed by atoms with E-state index in [2.05, 4.69) is 23.9 Å². The first-order chi connectivity index (χ1) is 15.0. The van der Waals surface area contributed by atoms with Gasteiger partial charge in [-0.15, -0.1) is 0 Å². The number of aromatic nitrogens is 2. The topological polar surface area (TPSA) is 74.0 Å². The van der Waals surface area contributed by atoms with Crippen molar-refractivity contribution in [2.45, 2.75) is 26.7 Å². The van der Waals surface area contributed by atoms with Crippen LogP contribution in [-0.2, 0) is 4.79 Å². The Balaban J connectivity index is 1.54. The van der Waals surface area contributed by atoms with Crippen molar-refractivity contribution in [3.63, 3.8) is 0 Å². The fourth-order valence-corrected chi connectivity index (χ4v) is 5.02. The van der Waals surface area contributed by atoms with Gasteiger partial charge in [-0.2, -0.15) is 5.10 Å². The highest BCUT2D eigenvalue weighted by Gasteiger charge is 2.41. The summed E-state index contributed by atoms with van der Waals surface area (Å²) in [6, 6.07) is 9.50. The Kier molecular flexibility index (Phi) is 5.00. The standard InChI is InChI=1S/C23H28N6O2/c1-16-11-17(2)14-26(13-16)20(30)15-28-22-19(21-24-9-6-10-27(21)23(28)31)12-25-29(22)18-7-4-3-5-8-18/h3-5,7-8,12,16-17H,6,9-11,13-15H2,1-2H3. The lowest BCUT2D eigenvalue weighted by molar-refractivity contribution is -0.132. The Bertz CT molecular complexity index is 1020. The van der Waals surface area contributed by atoms with E-state index in [0.717, 1.165) is 37.2 Å². The molecule has 5 rings (SSSR count). The molecule has 0 aliphatic carbocycles. The zero-order valence-electron chi connectivity index (χ0n) is 18.1. The lowest BCUT2D eigenvalue weighted by atomic mass is 9.92. The highest BCUT2D eigenvalue weighted by atomic mass is 16.2. The predicted molar refractivity (Wildman–Crippen MR) is 119 cm³/mol. The van der Waals surface area contributed by atoms with E-state index in [1.807, 2.05) is 35.2 Å². The fourth-order valence-electron chi connectivity index (χ4n) is 5.02. The van der Waals surface area contributed by atoms with Gasteiger partial charge in [0.15, 0.2) is 5.82 Å². The Morgan fingerprint density at radius 3 is 2.61 bits per heavy atom. The number of fused-ring (bicyclic) bond motifs is 3. The van der Waals surface area contributed by atoms with Crippen molar-refractivity contribution in [2.24, 2.45) is 16.8 Å². The molecule has 1 aromatic heterocycles. The Morgan fingerprint density at radius 2 is 1.87 bits per heavy atom. The van der Waals surface area contributed by atoms with Gasteiger partial charge in [0.2, 0.25) is 5.91 Å². The molecule has 0 saturated carbocycles. The molecule has 162 valence electrons. The third-order valence-corrected chi connectivity index (χ3v) is 6.27. The minimum atomic E-state index is -0.199. The average Bonchev–Trinajstić information content (AvgIpc) is 3.21. The van der Waals surface area contributed by atoms with Crippen LogP contribution in [-0.4, -0.2) is 70.1 Å². The maximum Gasteiger partial charge on any atom is 0.331 e. The molecule has 8 heteroatoms. The van der Waals surface area contributed by atoms with E-state index in [4.69, 9.17) is 0 Å². The van der Waals surface area contributed by atoms with E-state index < -0.39 is 0 Å². The summed E-state index contributed by atoms with van der Waals surface area (Å²) in [5, 5.41) is 4.58. The number of carbonyl (C=O) groups is 2. The van der Waals surface area contributed by atoms with E-state index in [1.165, 1.54) is 0 Å². The quantitative estimate of drug-likeness (QED) is 0.766. The first kappa shape index (κ1) is 19.8. The maximum absolute atomic E-state index is 13.5. The molecule has 1 fully saturated rings. The monoisotopic (exact) mass is 420 g/mol. The van der Waals surface area contributed by atoms with Crippen LogP contribution in [0.1, 0.15) is 32.3 Å². The molecule has 4 heterocycles. The molecule has 31 heavy (non-hydrogen) atoms. The summed E-state index contributed by atoms with van der Waals surface area (Å²) in [5.41, 5.74) is 1.65.